The molecule has 0 bridgehead atoms. The standard InChI is InChI=1S/C41H26N2OSe/c1-2-12-28(13-3-1)32-15-6-8-18-36(32)43(30-22-21-27-11-4-5-14-29(27)25-30)31-23-24-33-39(26-31)45-38-20-10-16-34(40(33)38)41-42-35-17-7-9-19-37(35)44-41/h1-26H. The first-order valence-electron chi connectivity index (χ1n) is 15.0. The van der Waals surface area contributed by atoms with E-state index in [2.05, 4.69) is 138 Å². The van der Waals surface area contributed by atoms with Gasteiger partial charge in [-0.05, 0) is 0 Å². The van der Waals surface area contributed by atoms with E-state index >= 15 is 0 Å². The molecule has 4 heteroatoms. The number of hydrogen-bond acceptors (Lipinski definition) is 3. The maximum absolute atomic E-state index is 6.25. The van der Waals surface area contributed by atoms with Crippen LogP contribution in [0.2, 0.25) is 0 Å². The van der Waals surface area contributed by atoms with Gasteiger partial charge in [0.1, 0.15) is 0 Å². The molecule has 45 heavy (non-hydrogen) atoms. The van der Waals surface area contributed by atoms with Crippen LogP contribution < -0.4 is 4.90 Å². The van der Waals surface area contributed by atoms with Gasteiger partial charge in [0.2, 0.25) is 0 Å². The molecule has 0 unspecified atom stereocenters. The monoisotopic (exact) mass is 642 g/mol. The van der Waals surface area contributed by atoms with E-state index in [1.165, 1.54) is 41.2 Å². The molecule has 3 nitrogen and oxygen atoms in total. The summed E-state index contributed by atoms with van der Waals surface area (Å²) in [6.07, 6.45) is 0. The van der Waals surface area contributed by atoms with E-state index in [-0.39, 0.29) is 14.5 Å². The Morgan fingerprint density at radius 3 is 2.18 bits per heavy atom. The quantitative estimate of drug-likeness (QED) is 0.175. The molecule has 2 heterocycles. The van der Waals surface area contributed by atoms with Crippen molar-refractivity contribution in [3.8, 4) is 22.6 Å². The Morgan fingerprint density at radius 2 is 1.27 bits per heavy atom. The first-order valence-corrected chi connectivity index (χ1v) is 16.8. The van der Waals surface area contributed by atoms with E-state index in [0.717, 1.165) is 33.7 Å². The van der Waals surface area contributed by atoms with Gasteiger partial charge >= 0.3 is 267 Å². The van der Waals surface area contributed by atoms with Crippen molar-refractivity contribution in [2.24, 2.45) is 0 Å². The molecule has 9 aromatic rings. The molecule has 9 rings (SSSR count). The van der Waals surface area contributed by atoms with Crippen LogP contribution in [0.3, 0.4) is 0 Å². The molecule has 0 radical (unpaired) electrons. The summed E-state index contributed by atoms with van der Waals surface area (Å²) >= 11 is 0.150. The molecule has 0 amide bonds. The number of aromatic nitrogens is 1. The van der Waals surface area contributed by atoms with Crippen molar-refractivity contribution in [1.82, 2.24) is 4.98 Å². The van der Waals surface area contributed by atoms with Gasteiger partial charge in [0.15, 0.2) is 0 Å². The topological polar surface area (TPSA) is 29.3 Å². The molecule has 0 fully saturated rings. The SMILES string of the molecule is c1ccc(-c2ccccc2N(c2ccc3ccccc3c2)c2ccc3c(c2)[se]c2cccc(-c4nc5ccccc5o4)c23)cc1. The second kappa shape index (κ2) is 10.6. The van der Waals surface area contributed by atoms with Crippen LogP contribution >= 0.6 is 0 Å². The van der Waals surface area contributed by atoms with Gasteiger partial charge in [0.05, 0.1) is 0 Å². The maximum atomic E-state index is 6.25. The number of rotatable bonds is 5. The molecule has 7 aromatic carbocycles. The minimum atomic E-state index is 0.150. The fourth-order valence-electron chi connectivity index (χ4n) is 6.39. The molecule has 0 saturated carbocycles. The predicted octanol–water partition coefficient (Wildman–Crippen LogP) is 11.1. The second-order valence-corrected chi connectivity index (χ2v) is 13.5. The first-order chi connectivity index (χ1) is 22.3. The summed E-state index contributed by atoms with van der Waals surface area (Å²) < 4.78 is 8.97. The van der Waals surface area contributed by atoms with Gasteiger partial charge in [-0.2, -0.15) is 0 Å². The van der Waals surface area contributed by atoms with Gasteiger partial charge in [-0.1, -0.05) is 0 Å². The third-order valence-corrected chi connectivity index (χ3v) is 10.8. The summed E-state index contributed by atoms with van der Waals surface area (Å²) in [5, 5.41) is 4.96. The molecule has 2 aromatic heterocycles. The van der Waals surface area contributed by atoms with Crippen molar-refractivity contribution in [3.05, 3.63) is 158 Å². The Kier molecular flexibility index (Phi) is 6.15. The molecule has 0 spiro atoms. The Hall–Kier alpha value is -5.41. The van der Waals surface area contributed by atoms with Gasteiger partial charge in [0.25, 0.3) is 0 Å². The zero-order valence-corrected chi connectivity index (χ0v) is 25.9. The molecule has 0 aliphatic heterocycles. The second-order valence-electron chi connectivity index (χ2n) is 11.2. The zero-order chi connectivity index (χ0) is 29.7. The molecule has 0 aliphatic carbocycles. The van der Waals surface area contributed by atoms with Crippen LogP contribution in [0, 0.1) is 0 Å². The van der Waals surface area contributed by atoms with Gasteiger partial charge in [0, 0.05) is 0 Å². The van der Waals surface area contributed by atoms with E-state index < -0.39 is 0 Å². The van der Waals surface area contributed by atoms with E-state index in [0.29, 0.717) is 5.89 Å². The summed E-state index contributed by atoms with van der Waals surface area (Å²) in [6.45, 7) is 0. The Morgan fingerprint density at radius 1 is 0.533 bits per heavy atom. The Labute approximate surface area is 266 Å². The third-order valence-electron chi connectivity index (χ3n) is 8.48. The summed E-state index contributed by atoms with van der Waals surface area (Å²) in [4.78, 5) is 7.27. The van der Waals surface area contributed by atoms with Crippen LogP contribution in [0.15, 0.2) is 162 Å². The zero-order valence-electron chi connectivity index (χ0n) is 24.2. The number of benzene rings is 7. The predicted molar refractivity (Wildman–Crippen MR) is 189 cm³/mol. The van der Waals surface area contributed by atoms with Crippen molar-refractivity contribution in [2.45, 2.75) is 0 Å². The van der Waals surface area contributed by atoms with Crippen LogP contribution in [-0.4, -0.2) is 19.5 Å². The van der Waals surface area contributed by atoms with Crippen molar-refractivity contribution >= 4 is 72.7 Å². The summed E-state index contributed by atoms with van der Waals surface area (Å²) in [6, 6.07) is 56.2. The van der Waals surface area contributed by atoms with E-state index in [1.807, 2.05) is 24.3 Å². The Balaban J connectivity index is 1.26. The molecule has 212 valence electrons. The van der Waals surface area contributed by atoms with E-state index in [4.69, 9.17) is 9.40 Å². The molecule has 0 N–H and O–H groups in total. The first kappa shape index (κ1) is 26.0. The normalized spacial score (nSPS) is 11.6. The third kappa shape index (κ3) is 4.46. The summed E-state index contributed by atoms with van der Waals surface area (Å²) in [5.74, 6) is 0.676. The number of fused-ring (bicyclic) bond motifs is 5. The molecule has 0 atom stereocenters. The fraction of sp³-hybridized carbons (Fsp3) is 0. The van der Waals surface area contributed by atoms with Gasteiger partial charge < -0.3 is 0 Å². The van der Waals surface area contributed by atoms with Crippen molar-refractivity contribution in [2.75, 3.05) is 4.90 Å². The van der Waals surface area contributed by atoms with Crippen LogP contribution in [0.5, 0.6) is 0 Å². The fourth-order valence-corrected chi connectivity index (χ4v) is 8.84. The number of anilines is 3. The number of hydrogen-bond donors (Lipinski definition) is 0. The van der Waals surface area contributed by atoms with Crippen molar-refractivity contribution in [3.63, 3.8) is 0 Å². The van der Waals surface area contributed by atoms with Crippen LogP contribution in [-0.2, 0) is 0 Å². The molecule has 0 aliphatic rings. The number of oxazole rings is 1. The minimum absolute atomic E-state index is 0.150. The number of para-hydroxylation sites is 3. The average Bonchev–Trinajstić information content (AvgIpc) is 3.70. The van der Waals surface area contributed by atoms with Gasteiger partial charge in [-0.15, -0.1) is 0 Å². The van der Waals surface area contributed by atoms with E-state index in [1.54, 1.807) is 0 Å². The van der Waals surface area contributed by atoms with Crippen molar-refractivity contribution in [1.29, 1.82) is 0 Å². The number of nitrogens with zero attached hydrogens (tertiary/aromatic N) is 2. The van der Waals surface area contributed by atoms with Crippen molar-refractivity contribution < 1.29 is 4.42 Å². The molecule has 0 saturated heterocycles. The Bertz CT molecular complexity index is 2480. The van der Waals surface area contributed by atoms with Crippen LogP contribution in [0.25, 0.3) is 63.7 Å². The van der Waals surface area contributed by atoms with Crippen LogP contribution in [0.4, 0.5) is 17.1 Å². The average molecular weight is 642 g/mol. The van der Waals surface area contributed by atoms with Gasteiger partial charge in [-0.25, -0.2) is 0 Å². The van der Waals surface area contributed by atoms with E-state index in [9.17, 15) is 0 Å². The van der Waals surface area contributed by atoms with Crippen LogP contribution in [0.1, 0.15) is 0 Å². The summed E-state index contributed by atoms with van der Waals surface area (Å²) in [7, 11) is 0. The molecular weight excluding hydrogens is 615 g/mol. The summed E-state index contributed by atoms with van der Waals surface area (Å²) in [5.41, 5.74) is 8.56. The molecular formula is C41H26N2OSe. The van der Waals surface area contributed by atoms with Gasteiger partial charge in [-0.3, -0.25) is 0 Å².